The van der Waals surface area contributed by atoms with Crippen LogP contribution in [-0.4, -0.2) is 52.6 Å². The van der Waals surface area contributed by atoms with Crippen LogP contribution in [-0.2, 0) is 11.3 Å². The molecule has 0 spiro atoms. The molecule has 2 unspecified atom stereocenters. The molecule has 6 heteroatoms. The van der Waals surface area contributed by atoms with Gasteiger partial charge in [0.2, 0.25) is 5.91 Å². The van der Waals surface area contributed by atoms with Crippen molar-refractivity contribution < 1.29 is 14.3 Å². The van der Waals surface area contributed by atoms with Gasteiger partial charge in [-0.15, -0.1) is 0 Å². The van der Waals surface area contributed by atoms with Gasteiger partial charge in [0.05, 0.1) is 0 Å². The maximum Gasteiger partial charge on any atom is 0.410 e. The molecule has 2 rings (SSSR count). The summed E-state index contributed by atoms with van der Waals surface area (Å²) in [4.78, 5) is 27.8. The third-order valence-corrected chi connectivity index (χ3v) is 4.34. The number of nitrogens with two attached hydrogens (primary N) is 1. The van der Waals surface area contributed by atoms with Crippen LogP contribution in [0.2, 0.25) is 0 Å². The van der Waals surface area contributed by atoms with Gasteiger partial charge < -0.3 is 15.4 Å². The van der Waals surface area contributed by atoms with Gasteiger partial charge in [-0.2, -0.15) is 0 Å². The molecule has 0 aromatic heterocycles. The van der Waals surface area contributed by atoms with Crippen LogP contribution in [0.15, 0.2) is 24.3 Å². The van der Waals surface area contributed by atoms with E-state index in [0.717, 1.165) is 18.7 Å². The van der Waals surface area contributed by atoms with Gasteiger partial charge in [-0.05, 0) is 52.3 Å². The maximum atomic E-state index is 12.4. The number of benzene rings is 1. The number of piperazine rings is 1. The van der Waals surface area contributed by atoms with Crippen molar-refractivity contribution in [3.05, 3.63) is 35.4 Å². The molecule has 1 saturated heterocycles. The molecule has 0 aliphatic carbocycles. The van der Waals surface area contributed by atoms with E-state index in [0.29, 0.717) is 12.1 Å². The third kappa shape index (κ3) is 5.19. The standard InChI is InChI=1S/C19H29N3O3/c1-13-11-22(18(24)25-19(3,4)5)14(2)10-21(13)12-15-7-6-8-16(9-15)17(20)23/h6-9,13-14H,10-12H2,1-5H3,(H2,20,23). The average molecular weight is 347 g/mol. The second-order valence-corrected chi connectivity index (χ2v) is 7.82. The van der Waals surface area contributed by atoms with Gasteiger partial charge in [-0.3, -0.25) is 9.69 Å². The Balaban J connectivity index is 2.03. The number of amides is 2. The van der Waals surface area contributed by atoms with Crippen LogP contribution >= 0.6 is 0 Å². The Morgan fingerprint density at radius 1 is 1.20 bits per heavy atom. The van der Waals surface area contributed by atoms with E-state index < -0.39 is 11.5 Å². The average Bonchev–Trinajstić information content (AvgIpc) is 2.49. The Kier molecular flexibility index (Phi) is 5.72. The fraction of sp³-hybridized carbons (Fsp3) is 0.579. The van der Waals surface area contributed by atoms with Crippen LogP contribution in [0.1, 0.15) is 50.5 Å². The summed E-state index contributed by atoms with van der Waals surface area (Å²) in [5.74, 6) is -0.419. The highest BCUT2D eigenvalue weighted by atomic mass is 16.6. The molecule has 1 aromatic rings. The number of hydrogen-bond acceptors (Lipinski definition) is 4. The Labute approximate surface area is 149 Å². The maximum absolute atomic E-state index is 12.4. The first kappa shape index (κ1) is 19.2. The lowest BCUT2D eigenvalue weighted by molar-refractivity contribution is -0.0117. The highest BCUT2D eigenvalue weighted by Crippen LogP contribution is 2.21. The molecular formula is C19H29N3O3. The molecule has 0 saturated carbocycles. The number of rotatable bonds is 3. The van der Waals surface area contributed by atoms with Crippen molar-refractivity contribution in [1.82, 2.24) is 9.80 Å². The Morgan fingerprint density at radius 2 is 1.88 bits per heavy atom. The van der Waals surface area contributed by atoms with E-state index in [-0.39, 0.29) is 18.2 Å². The molecule has 0 radical (unpaired) electrons. The first-order valence-electron chi connectivity index (χ1n) is 8.69. The topological polar surface area (TPSA) is 75.9 Å². The third-order valence-electron chi connectivity index (χ3n) is 4.34. The lowest BCUT2D eigenvalue weighted by Crippen LogP contribution is -2.58. The molecule has 6 nitrogen and oxygen atoms in total. The van der Waals surface area contributed by atoms with Gasteiger partial charge >= 0.3 is 6.09 Å². The SMILES string of the molecule is CC1CN(C(=O)OC(C)(C)C)C(C)CN1Cc1cccc(C(N)=O)c1. The van der Waals surface area contributed by atoms with Crippen LogP contribution < -0.4 is 5.73 Å². The molecule has 25 heavy (non-hydrogen) atoms. The fourth-order valence-corrected chi connectivity index (χ4v) is 3.05. The minimum absolute atomic E-state index is 0.0605. The second kappa shape index (κ2) is 7.44. The van der Waals surface area contributed by atoms with Crippen molar-refractivity contribution in [1.29, 1.82) is 0 Å². The van der Waals surface area contributed by atoms with E-state index >= 15 is 0 Å². The lowest BCUT2D eigenvalue weighted by Gasteiger charge is -2.44. The number of nitrogens with zero attached hydrogens (tertiary/aromatic N) is 2. The van der Waals surface area contributed by atoms with E-state index in [1.807, 2.05) is 45.9 Å². The minimum Gasteiger partial charge on any atom is -0.444 e. The zero-order chi connectivity index (χ0) is 18.8. The van der Waals surface area contributed by atoms with Gasteiger partial charge in [0.1, 0.15) is 5.60 Å². The van der Waals surface area contributed by atoms with Crippen molar-refractivity contribution in [3.63, 3.8) is 0 Å². The van der Waals surface area contributed by atoms with E-state index in [4.69, 9.17) is 10.5 Å². The summed E-state index contributed by atoms with van der Waals surface area (Å²) in [5, 5.41) is 0. The highest BCUT2D eigenvalue weighted by Gasteiger charge is 2.34. The van der Waals surface area contributed by atoms with Gasteiger partial charge in [0.25, 0.3) is 0 Å². The number of ether oxygens (including phenoxy) is 1. The van der Waals surface area contributed by atoms with Crippen molar-refractivity contribution in [3.8, 4) is 0 Å². The number of primary amides is 1. The summed E-state index contributed by atoms with van der Waals surface area (Å²) in [7, 11) is 0. The lowest BCUT2D eigenvalue weighted by atomic mass is 10.1. The number of carbonyl (C=O) groups excluding carboxylic acids is 2. The summed E-state index contributed by atoms with van der Waals surface area (Å²) >= 11 is 0. The van der Waals surface area contributed by atoms with Gasteiger partial charge in [0, 0.05) is 37.3 Å². The smallest absolute Gasteiger partial charge is 0.410 e. The summed E-state index contributed by atoms with van der Waals surface area (Å²) in [5.41, 5.74) is 6.42. The first-order valence-corrected chi connectivity index (χ1v) is 8.69. The largest absolute Gasteiger partial charge is 0.444 e. The molecule has 1 fully saturated rings. The van der Waals surface area contributed by atoms with E-state index in [2.05, 4.69) is 11.8 Å². The second-order valence-electron chi connectivity index (χ2n) is 7.82. The van der Waals surface area contributed by atoms with Crippen LogP contribution in [0.4, 0.5) is 4.79 Å². The van der Waals surface area contributed by atoms with Crippen LogP contribution in [0, 0.1) is 0 Å². The van der Waals surface area contributed by atoms with Crippen molar-refractivity contribution >= 4 is 12.0 Å². The van der Waals surface area contributed by atoms with E-state index in [1.165, 1.54) is 0 Å². The fourth-order valence-electron chi connectivity index (χ4n) is 3.05. The van der Waals surface area contributed by atoms with Crippen molar-refractivity contribution in [2.45, 2.75) is 58.8 Å². The highest BCUT2D eigenvalue weighted by molar-refractivity contribution is 5.92. The van der Waals surface area contributed by atoms with Gasteiger partial charge in [-0.1, -0.05) is 12.1 Å². The molecule has 1 aliphatic heterocycles. The quantitative estimate of drug-likeness (QED) is 0.912. The monoisotopic (exact) mass is 347 g/mol. The molecule has 1 aliphatic rings. The molecule has 138 valence electrons. The van der Waals surface area contributed by atoms with E-state index in [1.54, 1.807) is 11.0 Å². The molecule has 2 amide bonds. The summed E-state index contributed by atoms with van der Waals surface area (Å²) in [6, 6.07) is 7.65. The minimum atomic E-state index is -0.494. The summed E-state index contributed by atoms with van der Waals surface area (Å²) in [6.07, 6.45) is -0.262. The molecule has 2 N–H and O–H groups in total. The summed E-state index contributed by atoms with van der Waals surface area (Å²) < 4.78 is 5.51. The van der Waals surface area contributed by atoms with Crippen molar-refractivity contribution in [2.75, 3.05) is 13.1 Å². The number of hydrogen-bond donors (Lipinski definition) is 1. The van der Waals surface area contributed by atoms with Gasteiger partial charge in [-0.25, -0.2) is 4.79 Å². The molecule has 0 bridgehead atoms. The normalized spacial score (nSPS) is 21.9. The molecule has 1 heterocycles. The molecular weight excluding hydrogens is 318 g/mol. The van der Waals surface area contributed by atoms with Gasteiger partial charge in [0.15, 0.2) is 0 Å². The number of carbonyl (C=O) groups is 2. The molecule has 1 aromatic carbocycles. The first-order chi connectivity index (χ1) is 11.6. The zero-order valence-corrected chi connectivity index (χ0v) is 15.8. The predicted octanol–water partition coefficient (Wildman–Crippen LogP) is 2.62. The van der Waals surface area contributed by atoms with E-state index in [9.17, 15) is 9.59 Å². The van der Waals surface area contributed by atoms with Crippen LogP contribution in [0.3, 0.4) is 0 Å². The Morgan fingerprint density at radius 3 is 2.48 bits per heavy atom. The summed E-state index contributed by atoms with van der Waals surface area (Å²) in [6.45, 7) is 11.8. The Bertz CT molecular complexity index is 639. The Hall–Kier alpha value is -2.08. The molecule has 2 atom stereocenters. The van der Waals surface area contributed by atoms with Crippen LogP contribution in [0.25, 0.3) is 0 Å². The zero-order valence-electron chi connectivity index (χ0n) is 15.8. The van der Waals surface area contributed by atoms with Crippen molar-refractivity contribution in [2.24, 2.45) is 5.73 Å². The predicted molar refractivity (Wildman–Crippen MR) is 97.2 cm³/mol. The van der Waals surface area contributed by atoms with Crippen LogP contribution in [0.5, 0.6) is 0 Å².